The van der Waals surface area contributed by atoms with Gasteiger partial charge in [0, 0.05) is 32.1 Å². The molecule has 4 aliphatic rings. The number of ether oxygens (including phenoxy) is 5. The zero-order chi connectivity index (χ0) is 26.8. The highest BCUT2D eigenvalue weighted by molar-refractivity contribution is 5.89. The van der Waals surface area contributed by atoms with Gasteiger partial charge in [-0.3, -0.25) is 14.4 Å². The third kappa shape index (κ3) is 3.76. The first kappa shape index (κ1) is 26.3. The molecule has 9 atom stereocenters. The summed E-state index contributed by atoms with van der Waals surface area (Å²) in [4.78, 5) is 49.5. The van der Waals surface area contributed by atoms with Gasteiger partial charge in [-0.1, -0.05) is 18.6 Å². The molecule has 198 valence electrons. The van der Waals surface area contributed by atoms with E-state index < -0.39 is 76.4 Å². The lowest BCUT2D eigenvalue weighted by Crippen LogP contribution is -2.67. The summed E-state index contributed by atoms with van der Waals surface area (Å²) in [5.41, 5.74) is -4.96. The molecular formula is C26H34O10. The number of carbonyl (C=O) groups excluding carboxylic acids is 4. The normalized spacial score (nSPS) is 46.6. The van der Waals surface area contributed by atoms with E-state index in [1.807, 2.05) is 6.92 Å². The Bertz CT molecular complexity index is 1060. The minimum absolute atomic E-state index is 0.381. The van der Waals surface area contributed by atoms with Crippen molar-refractivity contribution in [2.75, 3.05) is 0 Å². The standard InChI is InChI=1S/C26H34O10/c1-13-8-9-17(32-14(2)27)23(5)11-10-18(33-15(3)28)24(6,31)20(23)21(34-16(4)29)26-19(12-13)35-22(30)25(26,7)36-26/h10-12,17-21,31H,8-9H2,1-7H3/b13-12-/t17-,18+,19-,20+,21+,23+,24-,25-,26-/m0/s1. The van der Waals surface area contributed by atoms with Crippen molar-refractivity contribution in [3.63, 3.8) is 0 Å². The van der Waals surface area contributed by atoms with Crippen molar-refractivity contribution < 1.29 is 48.0 Å². The number of hydrogen-bond donors (Lipinski definition) is 1. The molecule has 2 aliphatic heterocycles. The van der Waals surface area contributed by atoms with Crippen LogP contribution in [0.15, 0.2) is 23.8 Å². The molecule has 0 saturated carbocycles. The molecule has 10 heteroatoms. The molecule has 1 spiro atoms. The van der Waals surface area contributed by atoms with Gasteiger partial charge < -0.3 is 28.8 Å². The predicted molar refractivity (Wildman–Crippen MR) is 123 cm³/mol. The van der Waals surface area contributed by atoms with Crippen LogP contribution in [0.1, 0.15) is 61.3 Å². The zero-order valence-electron chi connectivity index (χ0n) is 21.7. The second-order valence-electron chi connectivity index (χ2n) is 10.9. The van der Waals surface area contributed by atoms with Crippen molar-refractivity contribution in [2.24, 2.45) is 11.3 Å². The summed E-state index contributed by atoms with van der Waals surface area (Å²) >= 11 is 0. The fourth-order valence-electron chi connectivity index (χ4n) is 6.46. The van der Waals surface area contributed by atoms with Crippen LogP contribution in [0, 0.1) is 11.3 Å². The Morgan fingerprint density at radius 3 is 2.19 bits per heavy atom. The highest BCUT2D eigenvalue weighted by Gasteiger charge is 2.87. The van der Waals surface area contributed by atoms with Crippen LogP contribution in [0.4, 0.5) is 0 Å². The molecule has 2 fully saturated rings. The summed E-state index contributed by atoms with van der Waals surface area (Å²) < 4.78 is 29.0. The van der Waals surface area contributed by atoms with Crippen molar-refractivity contribution in [3.8, 4) is 0 Å². The number of aliphatic hydroxyl groups is 1. The van der Waals surface area contributed by atoms with Crippen LogP contribution in [0.2, 0.25) is 0 Å². The quantitative estimate of drug-likeness (QED) is 0.261. The lowest BCUT2D eigenvalue weighted by atomic mass is 9.55. The SMILES string of the molecule is CC(=O)O[C@H]1CC/C(C)=C\[C@@H]2OC(=O)[C@]3(C)O[C@]23[C@H](OC(C)=O)[C@H]2[C@@](C)(O)[C@H](OC(C)=O)C=C[C@]12C. The van der Waals surface area contributed by atoms with E-state index in [-0.39, 0.29) is 0 Å². The second-order valence-corrected chi connectivity index (χ2v) is 10.9. The molecule has 0 bridgehead atoms. The molecule has 2 aliphatic carbocycles. The van der Waals surface area contributed by atoms with Crippen molar-refractivity contribution in [3.05, 3.63) is 23.8 Å². The van der Waals surface area contributed by atoms with Gasteiger partial charge >= 0.3 is 23.9 Å². The minimum atomic E-state index is -1.83. The first-order chi connectivity index (χ1) is 16.6. The first-order valence-corrected chi connectivity index (χ1v) is 12.1. The maximum Gasteiger partial charge on any atom is 0.342 e. The first-order valence-electron chi connectivity index (χ1n) is 12.1. The smallest absolute Gasteiger partial charge is 0.342 e. The molecule has 0 amide bonds. The van der Waals surface area contributed by atoms with Gasteiger partial charge in [-0.05, 0) is 45.8 Å². The van der Waals surface area contributed by atoms with Crippen molar-refractivity contribution in [1.82, 2.24) is 0 Å². The molecule has 0 radical (unpaired) electrons. The van der Waals surface area contributed by atoms with Crippen LogP contribution in [-0.2, 0) is 42.9 Å². The topological polar surface area (TPSA) is 138 Å². The van der Waals surface area contributed by atoms with Gasteiger partial charge in [0.2, 0.25) is 0 Å². The maximum absolute atomic E-state index is 12.9. The number of allylic oxidation sites excluding steroid dienone is 1. The average molecular weight is 507 g/mol. The minimum Gasteiger partial charge on any atom is -0.462 e. The molecule has 0 aromatic rings. The Morgan fingerprint density at radius 1 is 1.03 bits per heavy atom. The lowest BCUT2D eigenvalue weighted by Gasteiger charge is -2.55. The van der Waals surface area contributed by atoms with E-state index in [0.717, 1.165) is 5.57 Å². The van der Waals surface area contributed by atoms with E-state index in [1.165, 1.54) is 27.7 Å². The van der Waals surface area contributed by atoms with Crippen molar-refractivity contribution >= 4 is 23.9 Å². The highest BCUT2D eigenvalue weighted by Crippen LogP contribution is 2.65. The van der Waals surface area contributed by atoms with E-state index >= 15 is 0 Å². The second kappa shape index (κ2) is 8.41. The van der Waals surface area contributed by atoms with Gasteiger partial charge in [0.15, 0.2) is 17.3 Å². The number of epoxide rings is 1. The van der Waals surface area contributed by atoms with Gasteiger partial charge in [-0.25, -0.2) is 4.79 Å². The summed E-state index contributed by atoms with van der Waals surface area (Å²) in [7, 11) is 0. The Morgan fingerprint density at radius 2 is 1.64 bits per heavy atom. The van der Waals surface area contributed by atoms with Crippen LogP contribution in [-0.4, -0.2) is 70.2 Å². The van der Waals surface area contributed by atoms with E-state index in [9.17, 15) is 24.3 Å². The molecule has 36 heavy (non-hydrogen) atoms. The molecule has 0 aromatic carbocycles. The summed E-state index contributed by atoms with van der Waals surface area (Å²) in [5, 5.41) is 12.1. The van der Waals surface area contributed by atoms with Crippen LogP contribution in [0.25, 0.3) is 0 Å². The van der Waals surface area contributed by atoms with Crippen LogP contribution in [0.5, 0.6) is 0 Å². The maximum atomic E-state index is 12.9. The van der Waals surface area contributed by atoms with E-state index in [0.29, 0.717) is 12.8 Å². The monoisotopic (exact) mass is 506 g/mol. The Hall–Kier alpha value is -2.72. The van der Waals surface area contributed by atoms with E-state index in [1.54, 1.807) is 32.1 Å². The molecule has 10 nitrogen and oxygen atoms in total. The number of esters is 4. The summed E-state index contributed by atoms with van der Waals surface area (Å²) in [6.07, 6.45) is 1.96. The van der Waals surface area contributed by atoms with Crippen LogP contribution in [0.3, 0.4) is 0 Å². The molecule has 2 heterocycles. The Kier molecular flexibility index (Phi) is 6.16. The predicted octanol–water partition coefficient (Wildman–Crippen LogP) is 1.92. The molecule has 2 saturated heterocycles. The fraction of sp³-hybridized carbons (Fsp3) is 0.692. The van der Waals surface area contributed by atoms with Gasteiger partial charge in [-0.2, -0.15) is 0 Å². The van der Waals surface area contributed by atoms with Crippen molar-refractivity contribution in [1.29, 1.82) is 0 Å². The molecular weight excluding hydrogens is 472 g/mol. The van der Waals surface area contributed by atoms with E-state index in [4.69, 9.17) is 23.7 Å². The highest BCUT2D eigenvalue weighted by atomic mass is 16.7. The number of fused-ring (bicyclic) bond motifs is 1. The third-order valence-corrected chi connectivity index (χ3v) is 8.18. The van der Waals surface area contributed by atoms with Gasteiger partial charge in [-0.15, -0.1) is 0 Å². The van der Waals surface area contributed by atoms with Crippen LogP contribution >= 0.6 is 0 Å². The molecule has 0 unspecified atom stereocenters. The molecule has 1 N–H and O–H groups in total. The van der Waals surface area contributed by atoms with Crippen LogP contribution < -0.4 is 0 Å². The molecule has 0 aromatic heterocycles. The summed E-state index contributed by atoms with van der Waals surface area (Å²) in [6, 6.07) is 0. The average Bonchev–Trinajstić information content (AvgIpc) is 3.32. The largest absolute Gasteiger partial charge is 0.462 e. The number of hydrogen-bond acceptors (Lipinski definition) is 10. The summed E-state index contributed by atoms with van der Waals surface area (Å²) in [5.74, 6) is -3.44. The van der Waals surface area contributed by atoms with Crippen molar-refractivity contribution in [2.45, 2.75) is 103 Å². The lowest BCUT2D eigenvalue weighted by molar-refractivity contribution is -0.218. The fourth-order valence-corrected chi connectivity index (χ4v) is 6.46. The summed E-state index contributed by atoms with van der Waals surface area (Å²) in [6.45, 7) is 10.5. The van der Waals surface area contributed by atoms with Gasteiger partial charge in [0.25, 0.3) is 0 Å². The Balaban J connectivity index is 1.99. The number of rotatable bonds is 3. The Labute approximate surface area is 209 Å². The van der Waals surface area contributed by atoms with Gasteiger partial charge in [0.1, 0.15) is 23.9 Å². The third-order valence-electron chi connectivity index (χ3n) is 8.18. The zero-order valence-corrected chi connectivity index (χ0v) is 21.7. The van der Waals surface area contributed by atoms with Gasteiger partial charge in [0.05, 0.1) is 0 Å². The van der Waals surface area contributed by atoms with E-state index in [2.05, 4.69) is 0 Å². The molecule has 4 rings (SSSR count). The number of carbonyl (C=O) groups is 4.